The molecular formula is C16H17BrFNO2. The van der Waals surface area contributed by atoms with E-state index in [2.05, 4.69) is 21.2 Å². The van der Waals surface area contributed by atoms with Crippen molar-refractivity contribution >= 4 is 15.9 Å². The lowest BCUT2D eigenvalue weighted by Crippen LogP contribution is -2.13. The van der Waals surface area contributed by atoms with E-state index < -0.39 is 0 Å². The molecule has 2 aromatic rings. The van der Waals surface area contributed by atoms with Crippen molar-refractivity contribution in [3.8, 4) is 11.5 Å². The summed E-state index contributed by atoms with van der Waals surface area (Å²) in [5.41, 5.74) is 0.792. The highest BCUT2D eigenvalue weighted by Gasteiger charge is 2.09. The maximum atomic E-state index is 13.8. The maximum absolute atomic E-state index is 13.8. The van der Waals surface area contributed by atoms with Crippen LogP contribution < -0.4 is 14.8 Å². The number of rotatable bonds is 7. The zero-order valence-corrected chi connectivity index (χ0v) is 13.3. The van der Waals surface area contributed by atoms with Gasteiger partial charge < -0.3 is 14.8 Å². The minimum absolute atomic E-state index is 0.282. The summed E-state index contributed by atoms with van der Waals surface area (Å²) in [6.07, 6.45) is 0. The standard InChI is InChI=1S/C16H17BrFNO2/c1-19-11-12-4-2-7-15(18)16(12)21-9-8-20-14-6-3-5-13(17)10-14/h2-7,10,19H,8-9,11H2,1H3. The Labute approximate surface area is 132 Å². The summed E-state index contributed by atoms with van der Waals surface area (Å²) < 4.78 is 25.8. The topological polar surface area (TPSA) is 30.5 Å². The predicted molar refractivity (Wildman–Crippen MR) is 84.3 cm³/mol. The van der Waals surface area contributed by atoms with Crippen molar-refractivity contribution in [3.63, 3.8) is 0 Å². The maximum Gasteiger partial charge on any atom is 0.165 e. The third kappa shape index (κ3) is 4.72. The summed E-state index contributed by atoms with van der Waals surface area (Å²) in [4.78, 5) is 0. The Hall–Kier alpha value is -1.59. The molecule has 0 spiro atoms. The van der Waals surface area contributed by atoms with E-state index in [-0.39, 0.29) is 18.2 Å². The van der Waals surface area contributed by atoms with E-state index in [0.717, 1.165) is 15.8 Å². The van der Waals surface area contributed by atoms with Crippen LogP contribution in [0.4, 0.5) is 4.39 Å². The Kier molecular flexibility index (Phi) is 6.02. The zero-order chi connectivity index (χ0) is 15.1. The van der Waals surface area contributed by atoms with E-state index in [0.29, 0.717) is 13.2 Å². The molecule has 0 fully saturated rings. The number of nitrogens with one attached hydrogen (secondary N) is 1. The molecule has 5 heteroatoms. The molecule has 21 heavy (non-hydrogen) atoms. The largest absolute Gasteiger partial charge is 0.490 e. The van der Waals surface area contributed by atoms with E-state index in [9.17, 15) is 4.39 Å². The Morgan fingerprint density at radius 3 is 2.62 bits per heavy atom. The van der Waals surface area contributed by atoms with Crippen molar-refractivity contribution in [1.82, 2.24) is 5.32 Å². The molecule has 0 aliphatic rings. The summed E-state index contributed by atoms with van der Waals surface area (Å²) in [6.45, 7) is 1.19. The Bertz CT molecular complexity index is 592. The average molecular weight is 354 g/mol. The third-order valence-electron chi connectivity index (χ3n) is 2.81. The number of hydrogen-bond donors (Lipinski definition) is 1. The van der Waals surface area contributed by atoms with Crippen LogP contribution in [-0.2, 0) is 6.54 Å². The molecule has 0 aliphatic carbocycles. The molecule has 0 heterocycles. The summed E-state index contributed by atoms with van der Waals surface area (Å²) >= 11 is 3.38. The fourth-order valence-electron chi connectivity index (χ4n) is 1.90. The second-order valence-electron chi connectivity index (χ2n) is 4.41. The molecule has 0 unspecified atom stereocenters. The average Bonchev–Trinajstić information content (AvgIpc) is 2.46. The van der Waals surface area contributed by atoms with Gasteiger partial charge in [0.15, 0.2) is 11.6 Å². The minimum Gasteiger partial charge on any atom is -0.490 e. The van der Waals surface area contributed by atoms with Gasteiger partial charge in [-0.25, -0.2) is 4.39 Å². The van der Waals surface area contributed by atoms with Crippen LogP contribution in [0.25, 0.3) is 0 Å². The fourth-order valence-corrected chi connectivity index (χ4v) is 2.28. The van der Waals surface area contributed by atoms with Gasteiger partial charge in [-0.15, -0.1) is 0 Å². The first-order valence-electron chi connectivity index (χ1n) is 6.64. The van der Waals surface area contributed by atoms with Crippen molar-refractivity contribution < 1.29 is 13.9 Å². The first-order valence-corrected chi connectivity index (χ1v) is 7.43. The molecule has 3 nitrogen and oxygen atoms in total. The van der Waals surface area contributed by atoms with Gasteiger partial charge in [-0.1, -0.05) is 34.1 Å². The highest BCUT2D eigenvalue weighted by molar-refractivity contribution is 9.10. The number of benzene rings is 2. The van der Waals surface area contributed by atoms with Crippen molar-refractivity contribution in [2.75, 3.05) is 20.3 Å². The predicted octanol–water partition coefficient (Wildman–Crippen LogP) is 3.77. The molecule has 0 aromatic heterocycles. The normalized spacial score (nSPS) is 10.4. The van der Waals surface area contributed by atoms with Crippen LogP contribution >= 0.6 is 15.9 Å². The second-order valence-corrected chi connectivity index (χ2v) is 5.33. The lowest BCUT2D eigenvalue weighted by molar-refractivity contribution is 0.210. The van der Waals surface area contributed by atoms with Crippen LogP contribution in [0, 0.1) is 5.82 Å². The first kappa shape index (κ1) is 15.8. The third-order valence-corrected chi connectivity index (χ3v) is 3.30. The second kappa shape index (κ2) is 8.00. The van der Waals surface area contributed by atoms with E-state index in [4.69, 9.17) is 9.47 Å². The van der Waals surface area contributed by atoms with Crippen LogP contribution in [0.15, 0.2) is 46.9 Å². The fraction of sp³-hybridized carbons (Fsp3) is 0.250. The number of para-hydroxylation sites is 1. The summed E-state index contributed by atoms with van der Waals surface area (Å²) in [6, 6.07) is 12.4. The van der Waals surface area contributed by atoms with Gasteiger partial charge in [0.05, 0.1) is 0 Å². The zero-order valence-electron chi connectivity index (χ0n) is 11.7. The molecule has 0 saturated carbocycles. The Balaban J connectivity index is 1.89. The molecule has 1 N–H and O–H groups in total. The first-order chi connectivity index (χ1) is 10.2. The van der Waals surface area contributed by atoms with Gasteiger partial charge in [-0.05, 0) is 31.3 Å². The number of ether oxygens (including phenoxy) is 2. The summed E-state index contributed by atoms with van der Waals surface area (Å²) in [7, 11) is 1.81. The molecule has 0 saturated heterocycles. The Morgan fingerprint density at radius 2 is 1.86 bits per heavy atom. The highest BCUT2D eigenvalue weighted by atomic mass is 79.9. The highest BCUT2D eigenvalue weighted by Crippen LogP contribution is 2.23. The quantitative estimate of drug-likeness (QED) is 0.768. The van der Waals surface area contributed by atoms with Crippen LogP contribution in [0.3, 0.4) is 0 Å². The molecule has 112 valence electrons. The van der Waals surface area contributed by atoms with Gasteiger partial charge in [-0.3, -0.25) is 0 Å². The minimum atomic E-state index is -0.356. The van der Waals surface area contributed by atoms with E-state index in [1.54, 1.807) is 6.07 Å². The monoisotopic (exact) mass is 353 g/mol. The van der Waals surface area contributed by atoms with E-state index >= 15 is 0 Å². The van der Waals surface area contributed by atoms with Crippen LogP contribution in [-0.4, -0.2) is 20.3 Å². The molecule has 0 amide bonds. The van der Waals surface area contributed by atoms with Gasteiger partial charge >= 0.3 is 0 Å². The molecule has 0 bridgehead atoms. The molecular weight excluding hydrogens is 337 g/mol. The van der Waals surface area contributed by atoms with Gasteiger partial charge in [0.2, 0.25) is 0 Å². The Morgan fingerprint density at radius 1 is 1.10 bits per heavy atom. The molecule has 0 aliphatic heterocycles. The smallest absolute Gasteiger partial charge is 0.165 e. The molecule has 2 aromatic carbocycles. The van der Waals surface area contributed by atoms with Crippen LogP contribution in [0.1, 0.15) is 5.56 Å². The van der Waals surface area contributed by atoms with E-state index in [1.807, 2.05) is 37.4 Å². The number of halogens is 2. The lowest BCUT2D eigenvalue weighted by Gasteiger charge is -2.13. The van der Waals surface area contributed by atoms with Crippen molar-refractivity contribution in [2.45, 2.75) is 6.54 Å². The van der Waals surface area contributed by atoms with Gasteiger partial charge in [-0.2, -0.15) is 0 Å². The lowest BCUT2D eigenvalue weighted by atomic mass is 10.2. The molecule has 2 rings (SSSR count). The number of hydrogen-bond acceptors (Lipinski definition) is 3. The van der Waals surface area contributed by atoms with Crippen LogP contribution in [0.5, 0.6) is 11.5 Å². The molecule has 0 atom stereocenters. The SMILES string of the molecule is CNCc1cccc(F)c1OCCOc1cccc(Br)c1. The van der Waals surface area contributed by atoms with Crippen LogP contribution in [0.2, 0.25) is 0 Å². The van der Waals surface area contributed by atoms with E-state index in [1.165, 1.54) is 6.07 Å². The van der Waals surface area contributed by atoms with Crippen molar-refractivity contribution in [3.05, 3.63) is 58.3 Å². The summed E-state index contributed by atoms with van der Waals surface area (Å²) in [5, 5.41) is 2.99. The van der Waals surface area contributed by atoms with Gasteiger partial charge in [0, 0.05) is 16.6 Å². The van der Waals surface area contributed by atoms with Gasteiger partial charge in [0.25, 0.3) is 0 Å². The molecule has 0 radical (unpaired) electrons. The summed E-state index contributed by atoms with van der Waals surface area (Å²) in [5.74, 6) is 0.673. The van der Waals surface area contributed by atoms with Crippen molar-refractivity contribution in [1.29, 1.82) is 0 Å². The van der Waals surface area contributed by atoms with Gasteiger partial charge in [0.1, 0.15) is 19.0 Å². The van der Waals surface area contributed by atoms with Crippen molar-refractivity contribution in [2.24, 2.45) is 0 Å².